The van der Waals surface area contributed by atoms with Gasteiger partial charge in [-0.1, -0.05) is 54.6 Å². The predicted molar refractivity (Wildman–Crippen MR) is 117 cm³/mol. The number of carbonyl (C=O) groups excluding carboxylic acids is 1. The molecule has 0 bridgehead atoms. The SMILES string of the molecule is O=C(C=Cc1ccccc1)Nc1ccc(Cn2ccnc2-c2cccc(F)c2)cc1. The third kappa shape index (κ3) is 4.89. The number of hydrogen-bond acceptors (Lipinski definition) is 2. The van der Waals surface area contributed by atoms with Crippen molar-refractivity contribution in [2.75, 3.05) is 5.32 Å². The van der Waals surface area contributed by atoms with Gasteiger partial charge in [0.15, 0.2) is 0 Å². The number of nitrogens with one attached hydrogen (secondary N) is 1. The van der Waals surface area contributed by atoms with Crippen LogP contribution in [0.2, 0.25) is 0 Å². The van der Waals surface area contributed by atoms with Crippen LogP contribution in [-0.2, 0) is 11.3 Å². The molecule has 1 heterocycles. The van der Waals surface area contributed by atoms with Crippen LogP contribution in [0.5, 0.6) is 0 Å². The molecule has 30 heavy (non-hydrogen) atoms. The minimum atomic E-state index is -0.288. The Bertz CT molecular complexity index is 1160. The molecular formula is C25H20FN3O. The molecule has 0 atom stereocenters. The predicted octanol–water partition coefficient (Wildman–Crippen LogP) is 5.39. The molecule has 148 valence electrons. The van der Waals surface area contributed by atoms with E-state index in [9.17, 15) is 9.18 Å². The fourth-order valence-corrected chi connectivity index (χ4v) is 3.13. The molecule has 0 aliphatic carbocycles. The molecule has 0 unspecified atom stereocenters. The molecule has 0 saturated heterocycles. The van der Waals surface area contributed by atoms with Crippen molar-refractivity contribution >= 4 is 17.7 Å². The van der Waals surface area contributed by atoms with E-state index in [1.807, 2.05) is 71.4 Å². The summed E-state index contributed by atoms with van der Waals surface area (Å²) in [6.45, 7) is 0.591. The highest BCUT2D eigenvalue weighted by atomic mass is 19.1. The molecule has 0 spiro atoms. The zero-order valence-corrected chi connectivity index (χ0v) is 16.2. The van der Waals surface area contributed by atoms with Gasteiger partial charge in [0, 0.05) is 36.3 Å². The molecule has 0 fully saturated rings. The summed E-state index contributed by atoms with van der Waals surface area (Å²) in [6, 6.07) is 23.7. The lowest BCUT2D eigenvalue weighted by Gasteiger charge is -2.09. The number of anilines is 1. The molecule has 0 aliphatic heterocycles. The Hall–Kier alpha value is -3.99. The summed E-state index contributed by atoms with van der Waals surface area (Å²) in [5.74, 6) is 0.232. The Morgan fingerprint density at radius 2 is 1.80 bits per heavy atom. The Kier molecular flexibility index (Phi) is 5.80. The first-order valence-corrected chi connectivity index (χ1v) is 9.57. The van der Waals surface area contributed by atoms with Gasteiger partial charge in [0.05, 0.1) is 0 Å². The summed E-state index contributed by atoms with van der Waals surface area (Å²) < 4.78 is 15.5. The van der Waals surface area contributed by atoms with Crippen molar-refractivity contribution in [3.63, 3.8) is 0 Å². The average Bonchev–Trinajstić information content (AvgIpc) is 3.23. The largest absolute Gasteiger partial charge is 0.327 e. The summed E-state index contributed by atoms with van der Waals surface area (Å²) in [5.41, 5.74) is 3.47. The molecular weight excluding hydrogens is 377 g/mol. The highest BCUT2D eigenvalue weighted by Gasteiger charge is 2.08. The van der Waals surface area contributed by atoms with Gasteiger partial charge in [0.2, 0.25) is 5.91 Å². The van der Waals surface area contributed by atoms with E-state index in [0.29, 0.717) is 12.4 Å². The number of amides is 1. The van der Waals surface area contributed by atoms with Gasteiger partial charge in [-0.2, -0.15) is 0 Å². The van der Waals surface area contributed by atoms with Gasteiger partial charge >= 0.3 is 0 Å². The average molecular weight is 397 g/mol. The van der Waals surface area contributed by atoms with Crippen molar-refractivity contribution < 1.29 is 9.18 Å². The fourth-order valence-electron chi connectivity index (χ4n) is 3.13. The van der Waals surface area contributed by atoms with Crippen LogP contribution in [0.15, 0.2) is 97.3 Å². The first-order valence-electron chi connectivity index (χ1n) is 9.57. The molecule has 5 heteroatoms. The molecule has 0 aliphatic rings. The Balaban J connectivity index is 1.41. The normalized spacial score (nSPS) is 11.0. The van der Waals surface area contributed by atoms with Gasteiger partial charge in [-0.3, -0.25) is 4.79 Å². The molecule has 1 amide bonds. The van der Waals surface area contributed by atoms with Crippen LogP contribution >= 0.6 is 0 Å². The summed E-state index contributed by atoms with van der Waals surface area (Å²) in [4.78, 5) is 16.5. The van der Waals surface area contributed by atoms with E-state index in [1.54, 1.807) is 18.3 Å². The molecule has 4 rings (SSSR count). The third-order valence-corrected chi connectivity index (χ3v) is 4.60. The number of halogens is 1. The number of carbonyl (C=O) groups is 1. The number of rotatable bonds is 6. The van der Waals surface area contributed by atoms with Crippen LogP contribution in [0.3, 0.4) is 0 Å². The van der Waals surface area contributed by atoms with Crippen LogP contribution in [0.25, 0.3) is 17.5 Å². The van der Waals surface area contributed by atoms with Crippen molar-refractivity contribution in [1.82, 2.24) is 9.55 Å². The molecule has 1 N–H and O–H groups in total. The van der Waals surface area contributed by atoms with Crippen molar-refractivity contribution in [1.29, 1.82) is 0 Å². The second-order valence-corrected chi connectivity index (χ2v) is 6.82. The first-order chi connectivity index (χ1) is 14.7. The maximum absolute atomic E-state index is 13.5. The summed E-state index contributed by atoms with van der Waals surface area (Å²) >= 11 is 0. The minimum absolute atomic E-state index is 0.186. The monoisotopic (exact) mass is 397 g/mol. The van der Waals surface area contributed by atoms with E-state index in [2.05, 4.69) is 10.3 Å². The lowest BCUT2D eigenvalue weighted by Crippen LogP contribution is -2.08. The second kappa shape index (κ2) is 9.01. The standard InChI is InChI=1S/C25H20FN3O/c26-22-8-4-7-21(17-22)25-27-15-16-29(25)18-20-9-12-23(13-10-20)28-24(30)14-11-19-5-2-1-3-6-19/h1-17H,18H2,(H,28,30). The molecule has 0 saturated carbocycles. The van der Waals surface area contributed by atoms with E-state index >= 15 is 0 Å². The number of nitrogens with zero attached hydrogens (tertiary/aromatic N) is 2. The topological polar surface area (TPSA) is 46.9 Å². The van der Waals surface area contributed by atoms with Gasteiger partial charge < -0.3 is 9.88 Å². The maximum atomic E-state index is 13.5. The second-order valence-electron chi connectivity index (χ2n) is 6.82. The van der Waals surface area contributed by atoms with Crippen LogP contribution < -0.4 is 5.32 Å². The van der Waals surface area contributed by atoms with Crippen molar-refractivity contribution in [2.45, 2.75) is 6.54 Å². The Morgan fingerprint density at radius 1 is 1.00 bits per heavy atom. The van der Waals surface area contributed by atoms with Gasteiger partial charge in [0.1, 0.15) is 11.6 Å². The lowest BCUT2D eigenvalue weighted by atomic mass is 10.1. The van der Waals surface area contributed by atoms with Crippen molar-refractivity contribution in [3.8, 4) is 11.4 Å². The van der Waals surface area contributed by atoms with Crippen LogP contribution in [0.1, 0.15) is 11.1 Å². The number of imidazole rings is 1. The smallest absolute Gasteiger partial charge is 0.248 e. The van der Waals surface area contributed by atoms with Crippen LogP contribution in [-0.4, -0.2) is 15.5 Å². The molecule has 4 aromatic rings. The van der Waals surface area contributed by atoms with E-state index in [0.717, 1.165) is 22.4 Å². The zero-order chi connectivity index (χ0) is 20.8. The molecule has 0 radical (unpaired) electrons. The Morgan fingerprint density at radius 3 is 2.57 bits per heavy atom. The first kappa shape index (κ1) is 19.3. The summed E-state index contributed by atoms with van der Waals surface area (Å²) in [5, 5.41) is 2.86. The van der Waals surface area contributed by atoms with E-state index in [-0.39, 0.29) is 11.7 Å². The summed E-state index contributed by atoms with van der Waals surface area (Å²) in [6.07, 6.45) is 6.86. The molecule has 1 aromatic heterocycles. The molecule has 3 aromatic carbocycles. The minimum Gasteiger partial charge on any atom is -0.327 e. The Labute approximate surface area is 174 Å². The lowest BCUT2D eigenvalue weighted by molar-refractivity contribution is -0.111. The van der Waals surface area contributed by atoms with Crippen LogP contribution in [0, 0.1) is 5.82 Å². The van der Waals surface area contributed by atoms with Gasteiger partial charge in [0.25, 0.3) is 0 Å². The van der Waals surface area contributed by atoms with Crippen molar-refractivity contribution in [3.05, 3.63) is 114 Å². The highest BCUT2D eigenvalue weighted by molar-refractivity contribution is 6.01. The molecule has 4 nitrogen and oxygen atoms in total. The highest BCUT2D eigenvalue weighted by Crippen LogP contribution is 2.20. The summed E-state index contributed by atoms with van der Waals surface area (Å²) in [7, 11) is 0. The number of hydrogen-bond donors (Lipinski definition) is 1. The van der Waals surface area contributed by atoms with E-state index in [4.69, 9.17) is 0 Å². The fraction of sp³-hybridized carbons (Fsp3) is 0.0400. The third-order valence-electron chi connectivity index (χ3n) is 4.60. The number of benzene rings is 3. The van der Waals surface area contributed by atoms with Crippen molar-refractivity contribution in [2.24, 2.45) is 0 Å². The quantitative estimate of drug-likeness (QED) is 0.444. The van der Waals surface area contributed by atoms with E-state index in [1.165, 1.54) is 18.2 Å². The van der Waals surface area contributed by atoms with Gasteiger partial charge in [-0.15, -0.1) is 0 Å². The maximum Gasteiger partial charge on any atom is 0.248 e. The van der Waals surface area contributed by atoms with Gasteiger partial charge in [-0.25, -0.2) is 9.37 Å². The van der Waals surface area contributed by atoms with Gasteiger partial charge in [-0.05, 0) is 41.5 Å². The zero-order valence-electron chi connectivity index (χ0n) is 16.2. The van der Waals surface area contributed by atoms with Crippen LogP contribution in [0.4, 0.5) is 10.1 Å². The van der Waals surface area contributed by atoms with E-state index < -0.39 is 0 Å². The number of aromatic nitrogens is 2.